The van der Waals surface area contributed by atoms with Crippen molar-refractivity contribution in [3.63, 3.8) is 0 Å². The first-order valence-electron chi connectivity index (χ1n) is 2.24. The monoisotopic (exact) mass is 103 g/mol. The summed E-state index contributed by atoms with van der Waals surface area (Å²) < 4.78 is 0. The Morgan fingerprint density at radius 3 is 2.14 bits per heavy atom. The molecule has 0 aromatic heterocycles. The summed E-state index contributed by atoms with van der Waals surface area (Å²) in [5.74, 6) is 0.176. The maximum absolute atomic E-state index is 9.62. The summed E-state index contributed by atoms with van der Waals surface area (Å²) in [5.41, 5.74) is 0. The van der Waals surface area contributed by atoms with Crippen molar-refractivity contribution in [1.82, 2.24) is 0 Å². The van der Waals surface area contributed by atoms with Gasteiger partial charge in [0.1, 0.15) is 0 Å². The molecule has 0 rings (SSSR count). The highest BCUT2D eigenvalue weighted by Crippen LogP contribution is 1.88. The first-order chi connectivity index (χ1) is 3.13. The van der Waals surface area contributed by atoms with Gasteiger partial charge in [-0.3, -0.25) is 10.1 Å². The van der Waals surface area contributed by atoms with Gasteiger partial charge >= 0.3 is 0 Å². The van der Waals surface area contributed by atoms with Crippen molar-refractivity contribution >= 4 is 0 Å². The van der Waals surface area contributed by atoms with Crippen molar-refractivity contribution in [3.05, 3.63) is 10.1 Å². The molecular weight excluding hydrogens is 94.0 g/mol. The highest BCUT2D eigenvalue weighted by Gasteiger charge is 1.99. The van der Waals surface area contributed by atoms with E-state index in [2.05, 4.69) is 0 Å². The van der Waals surface area contributed by atoms with E-state index in [1.807, 2.05) is 13.8 Å². The van der Waals surface area contributed by atoms with E-state index < -0.39 is 0 Å². The van der Waals surface area contributed by atoms with E-state index in [4.69, 9.17) is 0 Å². The Labute approximate surface area is 42.5 Å². The molecule has 0 aliphatic carbocycles. The quantitative estimate of drug-likeness (QED) is 0.385. The average Bonchev–Trinajstić information content (AvgIpc) is 1.27. The van der Waals surface area contributed by atoms with Crippen molar-refractivity contribution in [2.45, 2.75) is 13.8 Å². The molecule has 0 amide bonds. The van der Waals surface area contributed by atoms with Gasteiger partial charge in [-0.1, -0.05) is 13.8 Å². The Balaban J connectivity index is 3.13. The largest absolute Gasteiger partial charge is 0.265 e. The summed E-state index contributed by atoms with van der Waals surface area (Å²) >= 11 is 0. The summed E-state index contributed by atoms with van der Waals surface area (Å²) in [6, 6.07) is 0. The maximum Gasteiger partial charge on any atom is 0.206 e. The smallest absolute Gasteiger partial charge is 0.206 e. The van der Waals surface area contributed by atoms with Crippen LogP contribution in [0.1, 0.15) is 13.8 Å². The van der Waals surface area contributed by atoms with Crippen LogP contribution in [-0.4, -0.2) is 11.5 Å². The third-order valence-corrected chi connectivity index (χ3v) is 0.514. The van der Waals surface area contributed by atoms with Gasteiger partial charge in [0.2, 0.25) is 6.54 Å². The van der Waals surface area contributed by atoms with Crippen LogP contribution in [0.3, 0.4) is 0 Å². The maximum atomic E-state index is 9.62. The third kappa shape index (κ3) is 5.40. The van der Waals surface area contributed by atoms with Crippen LogP contribution in [-0.2, 0) is 0 Å². The zero-order valence-corrected chi connectivity index (χ0v) is 4.55. The minimum absolute atomic E-state index is 0.0833. The number of nitro groups is 1. The normalized spacial score (nSPS) is 9.57. The van der Waals surface area contributed by atoms with Gasteiger partial charge in [0.15, 0.2) is 0 Å². The molecule has 0 unspecified atom stereocenters. The highest BCUT2D eigenvalue weighted by molar-refractivity contribution is 4.35. The Kier molecular flexibility index (Phi) is 2.33. The molecule has 3 heteroatoms. The predicted octanol–water partition coefficient (Wildman–Crippen LogP) is 0.919. The summed E-state index contributed by atoms with van der Waals surface area (Å²) in [5, 5.41) is 9.62. The lowest BCUT2D eigenvalue weighted by molar-refractivity contribution is -0.486. The summed E-state index contributed by atoms with van der Waals surface area (Å²) in [6.07, 6.45) is 0. The average molecular weight is 103 g/mol. The molecule has 0 aromatic carbocycles. The lowest BCUT2D eigenvalue weighted by atomic mass is 10.2. The molecule has 0 fully saturated rings. The van der Waals surface area contributed by atoms with Crippen LogP contribution in [0, 0.1) is 16.0 Å². The van der Waals surface area contributed by atoms with Crippen molar-refractivity contribution in [2.75, 3.05) is 6.54 Å². The van der Waals surface area contributed by atoms with E-state index in [0.29, 0.717) is 0 Å². The number of hydrogen-bond donors (Lipinski definition) is 0. The number of nitrogens with zero attached hydrogens (tertiary/aromatic N) is 1. The standard InChI is InChI=1S/C4H9NO2/c1-4(2)3-5(6)7/h4H,3H2,1-2H3. The fraction of sp³-hybridized carbons (Fsp3) is 1.00. The molecule has 0 atom stereocenters. The second-order valence-electron chi connectivity index (χ2n) is 1.91. The molecule has 0 radical (unpaired) electrons. The first-order valence-corrected chi connectivity index (χ1v) is 2.24. The molecule has 0 aliphatic heterocycles. The molecule has 0 spiro atoms. The van der Waals surface area contributed by atoms with Crippen molar-refractivity contribution in [2.24, 2.45) is 5.92 Å². The molecule has 0 saturated carbocycles. The van der Waals surface area contributed by atoms with Crippen molar-refractivity contribution < 1.29 is 4.92 Å². The van der Waals surface area contributed by atoms with Crippen LogP contribution in [0.25, 0.3) is 0 Å². The second-order valence-corrected chi connectivity index (χ2v) is 1.91. The Morgan fingerprint density at radius 2 is 2.14 bits per heavy atom. The zero-order chi connectivity index (χ0) is 5.86. The zero-order valence-electron chi connectivity index (χ0n) is 4.55. The fourth-order valence-electron chi connectivity index (χ4n) is 0.298. The molecule has 0 bridgehead atoms. The van der Waals surface area contributed by atoms with Gasteiger partial charge in [-0.15, -0.1) is 0 Å². The lowest BCUT2D eigenvalue weighted by Crippen LogP contribution is -2.06. The molecule has 0 N–H and O–H groups in total. The first kappa shape index (κ1) is 6.40. The van der Waals surface area contributed by atoms with E-state index >= 15 is 0 Å². The van der Waals surface area contributed by atoms with Crippen LogP contribution in [0.5, 0.6) is 0 Å². The SMILES string of the molecule is CC(C)C[N+](=O)[O-]. The van der Waals surface area contributed by atoms with Crippen LogP contribution in [0.2, 0.25) is 0 Å². The highest BCUT2D eigenvalue weighted by atomic mass is 16.6. The van der Waals surface area contributed by atoms with E-state index in [-0.39, 0.29) is 17.4 Å². The molecular formula is C4H9NO2. The Bertz CT molecular complexity index is 70.1. The minimum atomic E-state index is -0.301. The molecule has 0 aliphatic rings. The molecule has 0 heterocycles. The lowest BCUT2D eigenvalue weighted by Gasteiger charge is -1.92. The number of hydrogen-bond acceptors (Lipinski definition) is 2. The Hall–Kier alpha value is -0.600. The summed E-state index contributed by atoms with van der Waals surface area (Å²) in [7, 11) is 0. The fourth-order valence-corrected chi connectivity index (χ4v) is 0.298. The van der Waals surface area contributed by atoms with Gasteiger partial charge < -0.3 is 0 Å². The molecule has 3 nitrogen and oxygen atoms in total. The molecule has 7 heavy (non-hydrogen) atoms. The van der Waals surface area contributed by atoms with Gasteiger partial charge in [-0.2, -0.15) is 0 Å². The van der Waals surface area contributed by atoms with Crippen LogP contribution in [0.15, 0.2) is 0 Å². The van der Waals surface area contributed by atoms with Gasteiger partial charge in [-0.25, -0.2) is 0 Å². The molecule has 0 saturated heterocycles. The van der Waals surface area contributed by atoms with Gasteiger partial charge in [0, 0.05) is 10.8 Å². The summed E-state index contributed by atoms with van der Waals surface area (Å²) in [6.45, 7) is 3.73. The minimum Gasteiger partial charge on any atom is -0.265 e. The van der Waals surface area contributed by atoms with E-state index in [1.54, 1.807) is 0 Å². The van der Waals surface area contributed by atoms with Crippen molar-refractivity contribution in [3.8, 4) is 0 Å². The second kappa shape index (κ2) is 2.55. The van der Waals surface area contributed by atoms with Gasteiger partial charge in [0.25, 0.3) is 0 Å². The van der Waals surface area contributed by atoms with Crippen LogP contribution < -0.4 is 0 Å². The topological polar surface area (TPSA) is 43.1 Å². The molecule has 0 aromatic rings. The predicted molar refractivity (Wildman–Crippen MR) is 26.7 cm³/mol. The van der Waals surface area contributed by atoms with Gasteiger partial charge in [-0.05, 0) is 0 Å². The summed E-state index contributed by atoms with van der Waals surface area (Å²) in [4.78, 5) is 9.31. The number of rotatable bonds is 2. The van der Waals surface area contributed by atoms with E-state index in [9.17, 15) is 10.1 Å². The van der Waals surface area contributed by atoms with Crippen LogP contribution in [0.4, 0.5) is 0 Å². The van der Waals surface area contributed by atoms with Gasteiger partial charge in [0.05, 0.1) is 0 Å². The van der Waals surface area contributed by atoms with E-state index in [0.717, 1.165) is 0 Å². The molecule has 42 valence electrons. The third-order valence-electron chi connectivity index (χ3n) is 0.514. The van der Waals surface area contributed by atoms with Crippen LogP contribution >= 0.6 is 0 Å². The Morgan fingerprint density at radius 1 is 1.71 bits per heavy atom. The van der Waals surface area contributed by atoms with E-state index in [1.165, 1.54) is 0 Å². The van der Waals surface area contributed by atoms with Crippen molar-refractivity contribution in [1.29, 1.82) is 0 Å².